The number of benzene rings is 16. The summed E-state index contributed by atoms with van der Waals surface area (Å²) < 4.78 is 4.83. The van der Waals surface area contributed by atoms with E-state index in [9.17, 15) is 0 Å². The van der Waals surface area contributed by atoms with Crippen molar-refractivity contribution in [2.45, 2.75) is 18.3 Å². The van der Waals surface area contributed by atoms with Gasteiger partial charge in [-0.05, 0) is 213 Å². The zero-order valence-corrected chi connectivity index (χ0v) is 54.4. The van der Waals surface area contributed by atoms with E-state index in [1.54, 1.807) is 0 Å². The van der Waals surface area contributed by atoms with E-state index in [0.717, 1.165) is 12.8 Å². The summed E-state index contributed by atoms with van der Waals surface area (Å²) in [5.74, 6) is 0. The van der Waals surface area contributed by atoms with Gasteiger partial charge in [0.05, 0.1) is 27.8 Å². The van der Waals surface area contributed by atoms with Gasteiger partial charge in [-0.25, -0.2) is 0 Å². The molecule has 2 aliphatic carbocycles. The number of para-hydroxylation sites is 2. The number of hydrogen-bond acceptors (Lipinski definition) is 0. The molecule has 0 N–H and O–H groups in total. The molecule has 2 nitrogen and oxygen atoms in total. The Morgan fingerprint density at radius 1 is 0.242 bits per heavy atom. The Morgan fingerprint density at radius 2 is 0.636 bits per heavy atom. The molecule has 2 heteroatoms. The average molecular weight is 1260 g/mol. The van der Waals surface area contributed by atoms with Crippen LogP contribution in [0.2, 0.25) is 0 Å². The van der Waals surface area contributed by atoms with Gasteiger partial charge in [0.1, 0.15) is 0 Å². The normalized spacial score (nSPS) is 14.1. The van der Waals surface area contributed by atoms with E-state index in [1.165, 1.54) is 187 Å². The molecule has 18 aromatic rings. The summed E-state index contributed by atoms with van der Waals surface area (Å²) in [7, 11) is 0. The van der Waals surface area contributed by atoms with Gasteiger partial charge in [-0.1, -0.05) is 291 Å². The maximum absolute atomic E-state index is 2.52. The highest BCUT2D eigenvalue weighted by molar-refractivity contribution is 6.13. The van der Waals surface area contributed by atoms with Crippen LogP contribution in [0.3, 0.4) is 0 Å². The quantitative estimate of drug-likeness (QED) is 0.121. The van der Waals surface area contributed by atoms with Crippen molar-refractivity contribution in [3.63, 3.8) is 0 Å². The third-order valence-corrected chi connectivity index (χ3v) is 21.7. The lowest BCUT2D eigenvalue weighted by molar-refractivity contribution is 0.627. The van der Waals surface area contributed by atoms with E-state index in [-0.39, 0.29) is 5.41 Å². The topological polar surface area (TPSA) is 9.86 Å². The van der Waals surface area contributed by atoms with E-state index in [2.05, 4.69) is 373 Å². The number of rotatable bonds is 10. The molecule has 0 saturated heterocycles. The second-order valence-electron chi connectivity index (χ2n) is 27.1. The maximum Gasteiger partial charge on any atom is 0.0541 e. The van der Waals surface area contributed by atoms with E-state index >= 15 is 0 Å². The minimum absolute atomic E-state index is 0.274. The first-order valence-corrected chi connectivity index (χ1v) is 34.6. The minimum atomic E-state index is -0.274. The van der Waals surface area contributed by atoms with Gasteiger partial charge in [-0.3, -0.25) is 0 Å². The van der Waals surface area contributed by atoms with Gasteiger partial charge in [-0.2, -0.15) is 0 Å². The second kappa shape index (κ2) is 22.8. The molecule has 0 aliphatic heterocycles. The third kappa shape index (κ3) is 9.39. The van der Waals surface area contributed by atoms with Crippen LogP contribution in [0, 0.1) is 0 Å². The number of aryl methyl sites for hydroxylation is 1. The summed E-state index contributed by atoms with van der Waals surface area (Å²) in [6, 6.07) is 127. The average Bonchev–Trinajstić information content (AvgIpc) is 1.53. The van der Waals surface area contributed by atoms with Gasteiger partial charge >= 0.3 is 0 Å². The van der Waals surface area contributed by atoms with Gasteiger partial charge in [-0.15, -0.1) is 0 Å². The SMILES string of the molecule is C(=Cc1ccc(-c2ccc3c(c2)c2ccccc2n3-c2ccc3ccccc3c2)cc1)c1ccc(-c2ccc3c(c2)C2(CCc4cc5ccccc5cc42)c2cc(-c4ccc(C=Cc5ccc(-c6ccc7c(c6)c6ccccc6n7-c6cccc7ccccc67)cc5)cc4)ccc2-3)cc1. The zero-order chi connectivity index (χ0) is 65.1. The molecule has 1 spiro atoms. The van der Waals surface area contributed by atoms with Gasteiger partial charge in [0.2, 0.25) is 0 Å². The Morgan fingerprint density at radius 3 is 1.17 bits per heavy atom. The molecule has 0 bridgehead atoms. The Bertz CT molecular complexity index is 6370. The third-order valence-electron chi connectivity index (χ3n) is 21.7. The van der Waals surface area contributed by atoms with Crippen molar-refractivity contribution < 1.29 is 0 Å². The molecule has 0 fully saturated rings. The first kappa shape index (κ1) is 56.7. The molecule has 20 rings (SSSR count). The molecule has 99 heavy (non-hydrogen) atoms. The molecular weight excluding hydrogens is 1190 g/mol. The van der Waals surface area contributed by atoms with Crippen LogP contribution in [0.4, 0.5) is 0 Å². The lowest BCUT2D eigenvalue weighted by Gasteiger charge is -2.29. The van der Waals surface area contributed by atoms with Crippen molar-refractivity contribution in [2.75, 3.05) is 0 Å². The van der Waals surface area contributed by atoms with Crippen molar-refractivity contribution in [2.24, 2.45) is 0 Å². The summed E-state index contributed by atoms with van der Waals surface area (Å²) in [5, 5.41) is 12.6. The van der Waals surface area contributed by atoms with E-state index in [4.69, 9.17) is 0 Å². The minimum Gasteiger partial charge on any atom is -0.309 e. The first-order chi connectivity index (χ1) is 49.0. The largest absolute Gasteiger partial charge is 0.309 e. The molecule has 0 amide bonds. The highest BCUT2D eigenvalue weighted by Crippen LogP contribution is 2.60. The number of nitrogens with zero attached hydrogens (tertiary/aromatic N) is 2. The van der Waals surface area contributed by atoms with Gasteiger partial charge < -0.3 is 9.13 Å². The van der Waals surface area contributed by atoms with E-state index < -0.39 is 0 Å². The molecule has 2 aromatic heterocycles. The summed E-state index contributed by atoms with van der Waals surface area (Å²) >= 11 is 0. The van der Waals surface area contributed by atoms with Crippen LogP contribution in [0.1, 0.15) is 50.9 Å². The van der Waals surface area contributed by atoms with Crippen molar-refractivity contribution in [3.8, 4) is 67.0 Å². The van der Waals surface area contributed by atoms with Crippen LogP contribution < -0.4 is 0 Å². The standard InChI is InChI=1S/C97H64N2/c1-2-15-74-57-81(49-44-67(74)12-1)98-93-21-9-7-19-85(93)87-58-76(47-52-95(87)98)68-36-28-63(29-37-68)24-26-65-32-40-70(41-33-65)78-45-50-83-84-51-46-79(62-91(84)97(90(83)61-78)55-54-80-56-73-14-3-4-16-75(73)60-89(80)97)71-42-34-66(35-43-71)27-25-64-30-38-69(39-31-64)77-48-53-96-88(59-77)86-20-8-10-22-94(86)99(96)92-23-11-17-72-13-5-6-18-82(72)92/h1-53,56-62H,54-55H2. The molecule has 0 saturated carbocycles. The molecule has 16 aromatic carbocycles. The van der Waals surface area contributed by atoms with Crippen molar-refractivity contribution >= 4 is 100 Å². The fourth-order valence-electron chi connectivity index (χ4n) is 16.8. The summed E-state index contributed by atoms with van der Waals surface area (Å²) in [6.45, 7) is 0. The Kier molecular flexibility index (Phi) is 13.0. The maximum atomic E-state index is 2.52. The monoisotopic (exact) mass is 1260 g/mol. The molecule has 2 aliphatic rings. The fraction of sp³-hybridized carbons (Fsp3) is 0.0309. The molecule has 2 heterocycles. The summed E-state index contributed by atoms with van der Waals surface area (Å²) in [4.78, 5) is 0. The molecule has 0 radical (unpaired) electrons. The van der Waals surface area contributed by atoms with Crippen LogP contribution in [0.25, 0.3) is 167 Å². The number of aromatic nitrogens is 2. The van der Waals surface area contributed by atoms with Crippen LogP contribution in [0.15, 0.2) is 340 Å². The summed E-state index contributed by atoms with van der Waals surface area (Å²) in [5.41, 5.74) is 29.8. The van der Waals surface area contributed by atoms with Crippen molar-refractivity contribution in [3.05, 3.63) is 384 Å². The molecular formula is C97H64N2. The Labute approximate surface area is 575 Å². The van der Waals surface area contributed by atoms with E-state index in [0.29, 0.717) is 0 Å². The van der Waals surface area contributed by atoms with Crippen LogP contribution >= 0.6 is 0 Å². The fourth-order valence-corrected chi connectivity index (χ4v) is 16.8. The smallest absolute Gasteiger partial charge is 0.0541 e. The molecule has 1 unspecified atom stereocenters. The molecule has 462 valence electrons. The predicted molar refractivity (Wildman–Crippen MR) is 420 cm³/mol. The van der Waals surface area contributed by atoms with E-state index in [1.807, 2.05) is 0 Å². The lowest BCUT2D eigenvalue weighted by Crippen LogP contribution is -2.23. The highest BCUT2D eigenvalue weighted by Gasteiger charge is 2.49. The first-order valence-electron chi connectivity index (χ1n) is 34.6. The van der Waals surface area contributed by atoms with Crippen LogP contribution in [-0.2, 0) is 11.8 Å². The highest BCUT2D eigenvalue weighted by atomic mass is 15.0. The molecule has 1 atom stereocenters. The van der Waals surface area contributed by atoms with Gasteiger partial charge in [0.15, 0.2) is 0 Å². The van der Waals surface area contributed by atoms with Crippen molar-refractivity contribution in [1.82, 2.24) is 9.13 Å². The van der Waals surface area contributed by atoms with Gasteiger partial charge in [0, 0.05) is 38.0 Å². The van der Waals surface area contributed by atoms with Crippen LogP contribution in [0.5, 0.6) is 0 Å². The summed E-state index contributed by atoms with van der Waals surface area (Å²) in [6.07, 6.45) is 11.0. The zero-order valence-electron chi connectivity index (χ0n) is 54.4. The second-order valence-corrected chi connectivity index (χ2v) is 27.1. The Hall–Kier alpha value is -12.6. The van der Waals surface area contributed by atoms with Crippen LogP contribution in [-0.4, -0.2) is 9.13 Å². The number of hydrogen-bond donors (Lipinski definition) is 0. The number of fused-ring (bicyclic) bond motifs is 16. The Balaban J connectivity index is 0.553. The van der Waals surface area contributed by atoms with Crippen molar-refractivity contribution in [1.29, 1.82) is 0 Å². The van der Waals surface area contributed by atoms with Gasteiger partial charge in [0.25, 0.3) is 0 Å². The lowest BCUT2D eigenvalue weighted by atomic mass is 9.72. The predicted octanol–water partition coefficient (Wildman–Crippen LogP) is 25.6.